The van der Waals surface area contributed by atoms with Crippen LogP contribution >= 0.6 is 0 Å². The highest BCUT2D eigenvalue weighted by atomic mass is 16.5. The third kappa shape index (κ3) is 4.96. The number of rotatable bonds is 7. The van der Waals surface area contributed by atoms with E-state index in [1.54, 1.807) is 39.1 Å². The monoisotopic (exact) mass is 450 g/mol. The van der Waals surface area contributed by atoms with Gasteiger partial charge in [0.1, 0.15) is 17.2 Å². The number of nitrogens with one attached hydrogen (secondary N) is 1. The number of amides is 1. The lowest BCUT2D eigenvalue weighted by molar-refractivity contribution is 0.0819. The zero-order valence-corrected chi connectivity index (χ0v) is 19.5. The first-order chi connectivity index (χ1) is 16.0. The number of carbonyl (C=O) groups is 1. The fourth-order valence-corrected chi connectivity index (χ4v) is 4.13. The van der Waals surface area contributed by atoms with Gasteiger partial charge in [-0.15, -0.1) is 0 Å². The van der Waals surface area contributed by atoms with Crippen molar-refractivity contribution < 1.29 is 19.0 Å². The number of nitrogens with zero attached hydrogens (tertiary/aromatic N) is 3. The van der Waals surface area contributed by atoms with Crippen molar-refractivity contribution in [3.8, 4) is 22.8 Å². The first-order valence-corrected chi connectivity index (χ1v) is 11.0. The molecule has 8 heteroatoms. The minimum Gasteiger partial charge on any atom is -0.497 e. The average molecular weight is 451 g/mol. The lowest BCUT2D eigenvalue weighted by Gasteiger charge is -2.33. The van der Waals surface area contributed by atoms with E-state index in [9.17, 15) is 4.79 Å². The molecule has 0 atom stereocenters. The van der Waals surface area contributed by atoms with E-state index in [-0.39, 0.29) is 5.91 Å². The molecule has 3 aromatic rings. The Kier molecular flexibility index (Phi) is 6.84. The molecule has 1 saturated heterocycles. The highest BCUT2D eigenvalue weighted by molar-refractivity contribution is 6.03. The Bertz CT molecular complexity index is 1100. The van der Waals surface area contributed by atoms with Gasteiger partial charge in [0.15, 0.2) is 0 Å². The number of hydrogen-bond donors (Lipinski definition) is 1. The Balaban J connectivity index is 1.47. The van der Waals surface area contributed by atoms with Crippen molar-refractivity contribution >= 4 is 17.3 Å². The van der Waals surface area contributed by atoms with Gasteiger partial charge in [0.05, 0.1) is 26.0 Å². The van der Waals surface area contributed by atoms with E-state index in [0.717, 1.165) is 42.9 Å². The Morgan fingerprint density at radius 2 is 1.73 bits per heavy atom. The molecule has 174 valence electrons. The molecular weight excluding hydrogens is 420 g/mol. The van der Waals surface area contributed by atoms with Gasteiger partial charge in [-0.1, -0.05) is 0 Å². The summed E-state index contributed by atoms with van der Waals surface area (Å²) in [5, 5.41) is 7.49. The molecule has 0 radical (unpaired) electrons. The zero-order chi connectivity index (χ0) is 23.4. The van der Waals surface area contributed by atoms with Crippen LogP contribution in [-0.2, 0) is 11.8 Å². The van der Waals surface area contributed by atoms with E-state index in [1.165, 1.54) is 0 Å². The number of anilines is 2. The quantitative estimate of drug-likeness (QED) is 0.587. The Labute approximate surface area is 194 Å². The maximum absolute atomic E-state index is 13.0. The minimum absolute atomic E-state index is 0.230. The molecule has 1 aromatic heterocycles. The standard InChI is InChI=1S/C25H30N4O4/c1-28-23(16-22(27-28)21-15-20(32-3)9-10-24(21)33-4)25(30)26-17-5-7-18(8-6-17)29-13-11-19(31-2)12-14-29/h5-10,15-16,19H,11-14H2,1-4H3,(H,26,30). The summed E-state index contributed by atoms with van der Waals surface area (Å²) < 4.78 is 17.8. The van der Waals surface area contributed by atoms with Crippen LogP contribution in [0.2, 0.25) is 0 Å². The van der Waals surface area contributed by atoms with Gasteiger partial charge in [-0.05, 0) is 61.4 Å². The summed E-state index contributed by atoms with van der Waals surface area (Å²) in [5.41, 5.74) is 3.72. The van der Waals surface area contributed by atoms with Gasteiger partial charge in [-0.2, -0.15) is 5.10 Å². The minimum atomic E-state index is -0.230. The molecule has 0 spiro atoms. The Hall–Kier alpha value is -3.52. The summed E-state index contributed by atoms with van der Waals surface area (Å²) >= 11 is 0. The molecule has 4 rings (SSSR count). The first kappa shape index (κ1) is 22.7. The molecule has 0 saturated carbocycles. The fraction of sp³-hybridized carbons (Fsp3) is 0.360. The number of aromatic nitrogens is 2. The van der Waals surface area contributed by atoms with E-state index >= 15 is 0 Å². The van der Waals surface area contributed by atoms with Crippen LogP contribution in [0.4, 0.5) is 11.4 Å². The van der Waals surface area contributed by atoms with E-state index in [4.69, 9.17) is 14.2 Å². The van der Waals surface area contributed by atoms with Gasteiger partial charge in [0, 0.05) is 44.2 Å². The number of piperidine rings is 1. The maximum Gasteiger partial charge on any atom is 0.273 e. The molecule has 1 fully saturated rings. The van der Waals surface area contributed by atoms with E-state index in [1.807, 2.05) is 42.5 Å². The predicted molar refractivity (Wildman–Crippen MR) is 128 cm³/mol. The van der Waals surface area contributed by atoms with Gasteiger partial charge in [-0.3, -0.25) is 9.48 Å². The number of aryl methyl sites for hydroxylation is 1. The van der Waals surface area contributed by atoms with Crippen molar-refractivity contribution in [2.24, 2.45) is 7.05 Å². The molecule has 1 aliphatic rings. The smallest absolute Gasteiger partial charge is 0.273 e. The SMILES string of the molecule is COc1ccc(OC)c(-c2cc(C(=O)Nc3ccc(N4CCC(OC)CC4)cc3)n(C)n2)c1. The summed E-state index contributed by atoms with van der Waals surface area (Å²) in [6.45, 7) is 1.94. The van der Waals surface area contributed by atoms with Crippen LogP contribution in [0.25, 0.3) is 11.3 Å². The summed E-state index contributed by atoms with van der Waals surface area (Å²) in [6.07, 6.45) is 2.40. The second-order valence-electron chi connectivity index (χ2n) is 8.03. The molecule has 8 nitrogen and oxygen atoms in total. The van der Waals surface area contributed by atoms with Crippen molar-refractivity contribution in [3.63, 3.8) is 0 Å². The van der Waals surface area contributed by atoms with Gasteiger partial charge in [0.25, 0.3) is 5.91 Å². The molecule has 33 heavy (non-hydrogen) atoms. The van der Waals surface area contributed by atoms with Gasteiger partial charge in [0.2, 0.25) is 0 Å². The van der Waals surface area contributed by atoms with Crippen molar-refractivity contribution in [2.75, 3.05) is 44.6 Å². The molecule has 0 aliphatic carbocycles. The normalized spacial score (nSPS) is 14.2. The van der Waals surface area contributed by atoms with Crippen LogP contribution in [0.5, 0.6) is 11.5 Å². The average Bonchev–Trinajstić information content (AvgIpc) is 3.25. The summed E-state index contributed by atoms with van der Waals surface area (Å²) in [4.78, 5) is 15.3. The van der Waals surface area contributed by atoms with Gasteiger partial charge < -0.3 is 24.4 Å². The highest BCUT2D eigenvalue weighted by Crippen LogP contribution is 2.33. The molecule has 0 unspecified atom stereocenters. The second-order valence-corrected chi connectivity index (χ2v) is 8.03. The maximum atomic E-state index is 13.0. The van der Waals surface area contributed by atoms with Crippen LogP contribution in [0.3, 0.4) is 0 Å². The Morgan fingerprint density at radius 1 is 1.00 bits per heavy atom. The largest absolute Gasteiger partial charge is 0.497 e. The van der Waals surface area contributed by atoms with Crippen LogP contribution in [0.1, 0.15) is 23.3 Å². The number of methoxy groups -OCH3 is 3. The fourth-order valence-electron chi connectivity index (χ4n) is 4.13. The van der Waals surface area contributed by atoms with E-state index in [2.05, 4.69) is 15.3 Å². The predicted octanol–water partition coefficient (Wildman–Crippen LogP) is 3.97. The van der Waals surface area contributed by atoms with Crippen molar-refractivity contribution in [2.45, 2.75) is 18.9 Å². The van der Waals surface area contributed by atoms with Gasteiger partial charge >= 0.3 is 0 Å². The molecule has 1 N–H and O–H groups in total. The molecule has 1 amide bonds. The van der Waals surface area contributed by atoms with Crippen molar-refractivity contribution in [1.82, 2.24) is 9.78 Å². The lowest BCUT2D eigenvalue weighted by Crippen LogP contribution is -2.36. The zero-order valence-electron chi connectivity index (χ0n) is 19.5. The molecular formula is C25H30N4O4. The Morgan fingerprint density at radius 3 is 2.36 bits per heavy atom. The highest BCUT2D eigenvalue weighted by Gasteiger charge is 2.20. The molecule has 0 bridgehead atoms. The van der Waals surface area contributed by atoms with Crippen LogP contribution in [0, 0.1) is 0 Å². The first-order valence-electron chi connectivity index (χ1n) is 11.0. The summed E-state index contributed by atoms with van der Waals surface area (Å²) in [7, 11) is 6.73. The summed E-state index contributed by atoms with van der Waals surface area (Å²) in [6, 6.07) is 15.2. The van der Waals surface area contributed by atoms with Crippen molar-refractivity contribution in [1.29, 1.82) is 0 Å². The molecule has 2 aromatic carbocycles. The number of benzene rings is 2. The topological polar surface area (TPSA) is 77.9 Å². The van der Waals surface area contributed by atoms with Crippen molar-refractivity contribution in [3.05, 3.63) is 54.2 Å². The van der Waals surface area contributed by atoms with Crippen LogP contribution in [-0.4, -0.2) is 56.2 Å². The second kappa shape index (κ2) is 9.95. The molecule has 2 heterocycles. The number of carbonyl (C=O) groups excluding carboxylic acids is 1. The van der Waals surface area contributed by atoms with Crippen LogP contribution < -0.4 is 19.7 Å². The lowest BCUT2D eigenvalue weighted by atomic mass is 10.1. The number of ether oxygens (including phenoxy) is 3. The third-order valence-electron chi connectivity index (χ3n) is 6.06. The van der Waals surface area contributed by atoms with Crippen LogP contribution in [0.15, 0.2) is 48.5 Å². The van der Waals surface area contributed by atoms with Gasteiger partial charge in [-0.25, -0.2) is 0 Å². The number of hydrogen-bond acceptors (Lipinski definition) is 6. The molecule has 1 aliphatic heterocycles. The van der Waals surface area contributed by atoms with E-state index in [0.29, 0.717) is 29.0 Å². The summed E-state index contributed by atoms with van der Waals surface area (Å²) in [5.74, 6) is 1.12. The van der Waals surface area contributed by atoms with E-state index < -0.39 is 0 Å². The third-order valence-corrected chi connectivity index (χ3v) is 6.06.